The maximum Gasteiger partial charge on any atom is 0.268 e. The van der Waals surface area contributed by atoms with E-state index in [1.807, 2.05) is 10.8 Å². The predicted octanol–water partition coefficient (Wildman–Crippen LogP) is 1.87. The van der Waals surface area contributed by atoms with Crippen molar-refractivity contribution in [2.45, 2.75) is 38.6 Å². The lowest BCUT2D eigenvalue weighted by atomic mass is 9.99. The molecule has 0 radical (unpaired) electrons. The third-order valence-corrected chi connectivity index (χ3v) is 4.63. The number of nitrogens with zero attached hydrogens (tertiary/aromatic N) is 2. The first kappa shape index (κ1) is 14.4. The molecule has 2 fully saturated rings. The van der Waals surface area contributed by atoms with E-state index in [0.717, 1.165) is 38.4 Å². The van der Waals surface area contributed by atoms with Gasteiger partial charge in [-0.3, -0.25) is 4.79 Å². The average Bonchev–Trinajstić information content (AvgIpc) is 3.23. The number of aromatic nitrogens is 1. The van der Waals surface area contributed by atoms with E-state index in [4.69, 9.17) is 5.73 Å². The van der Waals surface area contributed by atoms with Gasteiger partial charge in [0.2, 0.25) is 0 Å². The molecule has 21 heavy (non-hydrogen) atoms. The van der Waals surface area contributed by atoms with E-state index in [1.165, 1.54) is 12.8 Å². The molecule has 1 saturated carbocycles. The van der Waals surface area contributed by atoms with Crippen molar-refractivity contribution in [2.24, 2.45) is 5.92 Å². The number of rotatable bonds is 5. The van der Waals surface area contributed by atoms with Crippen LogP contribution in [0.2, 0.25) is 0 Å². The quantitative estimate of drug-likeness (QED) is 0.870. The average molecular weight is 290 g/mol. The molecule has 3 rings (SSSR count). The Labute approximate surface area is 126 Å². The second kappa shape index (κ2) is 6.10. The first-order valence-electron chi connectivity index (χ1n) is 8.11. The van der Waals surface area contributed by atoms with Crippen molar-refractivity contribution in [3.8, 4) is 0 Å². The number of likely N-dealkylation sites (tertiary alicyclic amines) is 1. The van der Waals surface area contributed by atoms with E-state index in [2.05, 4.69) is 17.1 Å². The Hall–Kier alpha value is -1.49. The van der Waals surface area contributed by atoms with Crippen LogP contribution in [0.25, 0.3) is 0 Å². The fourth-order valence-corrected chi connectivity index (χ4v) is 3.04. The van der Waals surface area contributed by atoms with Crippen LogP contribution in [0.1, 0.15) is 49.1 Å². The van der Waals surface area contributed by atoms with Crippen LogP contribution < -0.4 is 11.1 Å². The molecule has 3 N–H and O–H groups in total. The SMILES string of the molecule is CC1CCN(CCNC(=O)c2cc(N)cn2C2CC2)CC1. The van der Waals surface area contributed by atoms with Crippen LogP contribution in [0.5, 0.6) is 0 Å². The van der Waals surface area contributed by atoms with Crippen LogP contribution in [-0.2, 0) is 0 Å². The second-order valence-electron chi connectivity index (χ2n) is 6.58. The molecule has 5 nitrogen and oxygen atoms in total. The second-order valence-corrected chi connectivity index (χ2v) is 6.58. The summed E-state index contributed by atoms with van der Waals surface area (Å²) >= 11 is 0. The summed E-state index contributed by atoms with van der Waals surface area (Å²) in [4.78, 5) is 14.7. The molecule has 116 valence electrons. The van der Waals surface area contributed by atoms with Gasteiger partial charge in [-0.05, 0) is 50.8 Å². The lowest BCUT2D eigenvalue weighted by Crippen LogP contribution is -2.39. The third-order valence-electron chi connectivity index (χ3n) is 4.63. The molecule has 1 amide bonds. The minimum Gasteiger partial charge on any atom is -0.397 e. The monoisotopic (exact) mass is 290 g/mol. The van der Waals surface area contributed by atoms with Crippen molar-refractivity contribution in [1.82, 2.24) is 14.8 Å². The molecule has 2 aliphatic rings. The zero-order valence-corrected chi connectivity index (χ0v) is 12.8. The number of amides is 1. The molecule has 0 unspecified atom stereocenters. The Morgan fingerprint density at radius 3 is 2.71 bits per heavy atom. The number of carbonyl (C=O) groups is 1. The van der Waals surface area contributed by atoms with Crippen LogP contribution in [0.15, 0.2) is 12.3 Å². The Kier molecular flexibility index (Phi) is 4.19. The minimum atomic E-state index is 0.00368. The van der Waals surface area contributed by atoms with Crippen LogP contribution >= 0.6 is 0 Å². The van der Waals surface area contributed by atoms with Crippen molar-refractivity contribution in [3.63, 3.8) is 0 Å². The summed E-state index contributed by atoms with van der Waals surface area (Å²) < 4.78 is 2.03. The van der Waals surface area contributed by atoms with E-state index in [-0.39, 0.29) is 5.91 Å². The van der Waals surface area contributed by atoms with Gasteiger partial charge in [-0.2, -0.15) is 0 Å². The number of hydrogen-bond acceptors (Lipinski definition) is 3. The maximum absolute atomic E-state index is 12.3. The fourth-order valence-electron chi connectivity index (χ4n) is 3.04. The van der Waals surface area contributed by atoms with Crippen LogP contribution in [0.4, 0.5) is 5.69 Å². The van der Waals surface area contributed by atoms with Crippen molar-refractivity contribution in [1.29, 1.82) is 0 Å². The Balaban J connectivity index is 1.48. The van der Waals surface area contributed by atoms with Gasteiger partial charge in [0.05, 0.1) is 5.69 Å². The lowest BCUT2D eigenvalue weighted by Gasteiger charge is -2.30. The zero-order chi connectivity index (χ0) is 14.8. The summed E-state index contributed by atoms with van der Waals surface area (Å²) in [5.41, 5.74) is 7.22. The van der Waals surface area contributed by atoms with Gasteiger partial charge in [-0.15, -0.1) is 0 Å². The van der Waals surface area contributed by atoms with Gasteiger partial charge in [-0.25, -0.2) is 0 Å². The number of piperidine rings is 1. The highest BCUT2D eigenvalue weighted by Crippen LogP contribution is 2.37. The van der Waals surface area contributed by atoms with Crippen LogP contribution in [0.3, 0.4) is 0 Å². The first-order chi connectivity index (χ1) is 10.1. The molecule has 1 aromatic rings. The molecule has 2 heterocycles. The number of nitrogens with one attached hydrogen (secondary N) is 1. The van der Waals surface area contributed by atoms with Gasteiger partial charge in [0.15, 0.2) is 0 Å². The molecule has 1 aliphatic carbocycles. The van der Waals surface area contributed by atoms with Crippen molar-refractivity contribution < 1.29 is 4.79 Å². The van der Waals surface area contributed by atoms with Gasteiger partial charge < -0.3 is 20.5 Å². The van der Waals surface area contributed by atoms with Gasteiger partial charge in [0.25, 0.3) is 5.91 Å². The molecule has 0 bridgehead atoms. The van der Waals surface area contributed by atoms with Crippen molar-refractivity contribution >= 4 is 11.6 Å². The molecule has 1 aliphatic heterocycles. The maximum atomic E-state index is 12.3. The Morgan fingerprint density at radius 1 is 1.33 bits per heavy atom. The van der Waals surface area contributed by atoms with E-state index in [1.54, 1.807) is 6.07 Å². The summed E-state index contributed by atoms with van der Waals surface area (Å²) in [5.74, 6) is 0.851. The van der Waals surface area contributed by atoms with E-state index >= 15 is 0 Å². The third kappa shape index (κ3) is 3.59. The highest BCUT2D eigenvalue weighted by Gasteiger charge is 2.27. The summed E-state index contributed by atoms with van der Waals surface area (Å²) in [6.45, 7) is 6.28. The molecule has 0 aromatic carbocycles. The molecular formula is C16H26N4O. The van der Waals surface area contributed by atoms with Gasteiger partial charge in [-0.1, -0.05) is 6.92 Å². The van der Waals surface area contributed by atoms with E-state index in [9.17, 15) is 4.79 Å². The molecule has 0 atom stereocenters. The zero-order valence-electron chi connectivity index (χ0n) is 12.8. The summed E-state index contributed by atoms with van der Waals surface area (Å²) in [6, 6.07) is 2.27. The number of nitrogens with two attached hydrogens (primary N) is 1. The minimum absolute atomic E-state index is 0.00368. The summed E-state index contributed by atoms with van der Waals surface area (Å²) in [6.07, 6.45) is 6.74. The normalized spacial score (nSPS) is 20.6. The lowest BCUT2D eigenvalue weighted by molar-refractivity contribution is 0.0935. The van der Waals surface area contributed by atoms with E-state index < -0.39 is 0 Å². The molecule has 1 aromatic heterocycles. The summed E-state index contributed by atoms with van der Waals surface area (Å²) in [5, 5.41) is 3.04. The summed E-state index contributed by atoms with van der Waals surface area (Å²) in [7, 11) is 0. The van der Waals surface area contributed by atoms with Crippen molar-refractivity contribution in [2.75, 3.05) is 31.9 Å². The largest absolute Gasteiger partial charge is 0.397 e. The molecular weight excluding hydrogens is 264 g/mol. The van der Waals surface area contributed by atoms with Gasteiger partial charge in [0, 0.05) is 25.3 Å². The van der Waals surface area contributed by atoms with Gasteiger partial charge in [0.1, 0.15) is 5.69 Å². The Bertz CT molecular complexity index is 498. The Morgan fingerprint density at radius 2 is 2.05 bits per heavy atom. The fraction of sp³-hybridized carbons (Fsp3) is 0.688. The number of nitrogen functional groups attached to an aromatic ring is 1. The molecule has 5 heteroatoms. The molecule has 1 saturated heterocycles. The van der Waals surface area contributed by atoms with Gasteiger partial charge >= 0.3 is 0 Å². The first-order valence-corrected chi connectivity index (χ1v) is 8.11. The highest BCUT2D eigenvalue weighted by molar-refractivity contribution is 5.93. The highest BCUT2D eigenvalue weighted by atomic mass is 16.1. The number of carbonyl (C=O) groups excluding carboxylic acids is 1. The van der Waals surface area contributed by atoms with E-state index in [0.29, 0.717) is 24.0 Å². The topological polar surface area (TPSA) is 63.3 Å². The predicted molar refractivity (Wildman–Crippen MR) is 84.3 cm³/mol. The van der Waals surface area contributed by atoms with Crippen molar-refractivity contribution in [3.05, 3.63) is 18.0 Å². The standard InChI is InChI=1S/C16H26N4O/c1-12-4-7-19(8-5-12)9-6-18-16(21)15-10-13(17)11-20(15)14-2-3-14/h10-12,14H,2-9,17H2,1H3,(H,18,21). The van der Waals surface area contributed by atoms with Crippen LogP contribution in [-0.4, -0.2) is 41.6 Å². The van der Waals surface area contributed by atoms with Crippen LogP contribution in [0, 0.1) is 5.92 Å². The number of hydrogen-bond donors (Lipinski definition) is 2. The smallest absolute Gasteiger partial charge is 0.268 e. The molecule has 0 spiro atoms. The number of anilines is 1.